The molecule has 2 rings (SSSR count). The number of benzene rings is 2. The summed E-state index contributed by atoms with van der Waals surface area (Å²) in [7, 11) is 0. The zero-order valence-corrected chi connectivity index (χ0v) is 9.91. The third-order valence-corrected chi connectivity index (χ3v) is 2.71. The van der Waals surface area contributed by atoms with Crippen molar-refractivity contribution in [2.24, 2.45) is 0 Å². The van der Waals surface area contributed by atoms with E-state index in [-0.39, 0.29) is 18.0 Å². The third-order valence-electron chi connectivity index (χ3n) is 2.71. The van der Waals surface area contributed by atoms with Gasteiger partial charge in [0.15, 0.2) is 0 Å². The average Bonchev–Trinajstić information content (AvgIpc) is 2.39. The van der Waals surface area contributed by atoms with E-state index in [1.165, 1.54) is 30.3 Å². The van der Waals surface area contributed by atoms with E-state index in [1.54, 1.807) is 0 Å². The van der Waals surface area contributed by atoms with Gasteiger partial charge in [0, 0.05) is 17.3 Å². The van der Waals surface area contributed by atoms with E-state index in [4.69, 9.17) is 0 Å². The Morgan fingerprint density at radius 1 is 0.947 bits per heavy atom. The molecule has 0 fully saturated rings. The molecule has 0 spiro atoms. The van der Waals surface area contributed by atoms with Crippen molar-refractivity contribution >= 4 is 5.69 Å². The van der Waals surface area contributed by atoms with Gasteiger partial charge in [-0.05, 0) is 30.3 Å². The number of nitrogens with one attached hydrogen (secondary N) is 1. The molecule has 100 valence electrons. The second-order valence-electron chi connectivity index (χ2n) is 4.05. The van der Waals surface area contributed by atoms with Gasteiger partial charge in [0.25, 0.3) is 0 Å². The lowest BCUT2D eigenvalue weighted by atomic mass is 10.1. The summed E-state index contributed by atoms with van der Waals surface area (Å²) in [5.41, 5.74) is 0.678. The van der Waals surface area contributed by atoms with Gasteiger partial charge < -0.3 is 10.4 Å². The van der Waals surface area contributed by atoms with Crippen molar-refractivity contribution in [1.82, 2.24) is 0 Å². The van der Waals surface area contributed by atoms with Crippen LogP contribution in [-0.4, -0.2) is 11.7 Å². The lowest BCUT2D eigenvalue weighted by Gasteiger charge is -2.18. The van der Waals surface area contributed by atoms with Crippen LogP contribution >= 0.6 is 0 Å². The molecular formula is C14H12F3NO. The third kappa shape index (κ3) is 3.26. The Bertz CT molecular complexity index is 557. The second kappa shape index (κ2) is 5.75. The van der Waals surface area contributed by atoms with Crippen molar-refractivity contribution < 1.29 is 18.3 Å². The van der Waals surface area contributed by atoms with Crippen LogP contribution in [0.25, 0.3) is 0 Å². The zero-order valence-electron chi connectivity index (χ0n) is 9.91. The number of halogens is 3. The summed E-state index contributed by atoms with van der Waals surface area (Å²) in [5, 5.41) is 12.1. The highest BCUT2D eigenvalue weighted by Crippen LogP contribution is 2.22. The molecule has 0 aliphatic heterocycles. The van der Waals surface area contributed by atoms with Gasteiger partial charge in [0.05, 0.1) is 12.6 Å². The van der Waals surface area contributed by atoms with E-state index in [9.17, 15) is 18.3 Å². The Hall–Kier alpha value is -2.01. The maximum Gasteiger partial charge on any atom is 0.131 e. The van der Waals surface area contributed by atoms with Crippen LogP contribution in [-0.2, 0) is 0 Å². The highest BCUT2D eigenvalue weighted by Gasteiger charge is 2.15. The minimum atomic E-state index is -0.742. The van der Waals surface area contributed by atoms with Gasteiger partial charge in [0.2, 0.25) is 0 Å². The van der Waals surface area contributed by atoms with Gasteiger partial charge in [-0.25, -0.2) is 13.2 Å². The summed E-state index contributed by atoms with van der Waals surface area (Å²) < 4.78 is 39.2. The number of anilines is 1. The Morgan fingerprint density at radius 2 is 1.58 bits per heavy atom. The smallest absolute Gasteiger partial charge is 0.131 e. The van der Waals surface area contributed by atoms with Crippen molar-refractivity contribution in [3.05, 3.63) is 65.5 Å². The maximum atomic E-state index is 13.6. The van der Waals surface area contributed by atoms with Crippen LogP contribution in [0.4, 0.5) is 18.9 Å². The quantitative estimate of drug-likeness (QED) is 0.891. The first-order chi connectivity index (χ1) is 9.10. The summed E-state index contributed by atoms with van der Waals surface area (Å²) in [6.45, 7) is -0.375. The molecule has 0 aliphatic rings. The topological polar surface area (TPSA) is 32.3 Å². The van der Waals surface area contributed by atoms with Crippen LogP contribution in [0, 0.1) is 17.5 Å². The monoisotopic (exact) mass is 267 g/mol. The number of hydrogen-bond acceptors (Lipinski definition) is 2. The van der Waals surface area contributed by atoms with Gasteiger partial charge in [-0.2, -0.15) is 0 Å². The first kappa shape index (κ1) is 13.4. The molecule has 0 amide bonds. The molecule has 0 radical (unpaired) electrons. The Balaban J connectivity index is 2.22. The van der Waals surface area contributed by atoms with E-state index in [2.05, 4.69) is 5.32 Å². The highest BCUT2D eigenvalue weighted by molar-refractivity contribution is 5.45. The number of aliphatic hydroxyl groups is 1. The molecular weight excluding hydrogens is 255 g/mol. The van der Waals surface area contributed by atoms with Gasteiger partial charge in [-0.3, -0.25) is 0 Å². The van der Waals surface area contributed by atoms with Crippen LogP contribution in [0.3, 0.4) is 0 Å². The number of rotatable bonds is 4. The standard InChI is InChI=1S/C14H12F3NO/c15-9-1-4-11(5-2-9)18-14(8-19)12-6-3-10(16)7-13(12)17/h1-7,14,18-19H,8H2. The minimum Gasteiger partial charge on any atom is -0.394 e. The first-order valence-corrected chi connectivity index (χ1v) is 5.68. The molecule has 19 heavy (non-hydrogen) atoms. The number of aliphatic hydroxyl groups excluding tert-OH is 1. The fraction of sp³-hybridized carbons (Fsp3) is 0.143. The van der Waals surface area contributed by atoms with Crippen molar-refractivity contribution in [3.63, 3.8) is 0 Å². The summed E-state index contributed by atoms with van der Waals surface area (Å²) in [4.78, 5) is 0. The van der Waals surface area contributed by atoms with Crippen LogP contribution in [0.1, 0.15) is 11.6 Å². The van der Waals surface area contributed by atoms with Gasteiger partial charge in [-0.1, -0.05) is 6.07 Å². The molecule has 0 saturated carbocycles. The van der Waals surface area contributed by atoms with E-state index < -0.39 is 17.7 Å². The maximum absolute atomic E-state index is 13.6. The molecule has 2 aromatic rings. The minimum absolute atomic E-state index is 0.147. The number of hydrogen-bond donors (Lipinski definition) is 2. The molecule has 0 aromatic heterocycles. The molecule has 2 aromatic carbocycles. The SMILES string of the molecule is OCC(Nc1ccc(F)cc1)c1ccc(F)cc1F. The van der Waals surface area contributed by atoms with Gasteiger partial charge >= 0.3 is 0 Å². The van der Waals surface area contributed by atoms with Crippen molar-refractivity contribution in [3.8, 4) is 0 Å². The van der Waals surface area contributed by atoms with Crippen molar-refractivity contribution in [2.75, 3.05) is 11.9 Å². The molecule has 1 atom stereocenters. The predicted octanol–water partition coefficient (Wildman–Crippen LogP) is 3.25. The summed E-state index contributed by atoms with van der Waals surface area (Å²) in [6.07, 6.45) is 0. The normalized spacial score (nSPS) is 12.2. The van der Waals surface area contributed by atoms with E-state index in [0.29, 0.717) is 5.69 Å². The van der Waals surface area contributed by atoms with E-state index >= 15 is 0 Å². The van der Waals surface area contributed by atoms with Crippen LogP contribution in [0.2, 0.25) is 0 Å². The molecule has 0 bridgehead atoms. The lowest BCUT2D eigenvalue weighted by molar-refractivity contribution is 0.273. The lowest BCUT2D eigenvalue weighted by Crippen LogP contribution is -2.16. The summed E-state index contributed by atoms with van der Waals surface area (Å²) in [5.74, 6) is -1.81. The largest absolute Gasteiger partial charge is 0.394 e. The highest BCUT2D eigenvalue weighted by atomic mass is 19.1. The molecule has 5 heteroatoms. The second-order valence-corrected chi connectivity index (χ2v) is 4.05. The van der Waals surface area contributed by atoms with Crippen LogP contribution in [0.5, 0.6) is 0 Å². The van der Waals surface area contributed by atoms with E-state index in [0.717, 1.165) is 12.1 Å². The van der Waals surface area contributed by atoms with Crippen LogP contribution in [0.15, 0.2) is 42.5 Å². The Kier molecular flexibility index (Phi) is 4.06. The zero-order chi connectivity index (χ0) is 13.8. The average molecular weight is 267 g/mol. The molecule has 0 heterocycles. The van der Waals surface area contributed by atoms with Gasteiger partial charge in [0.1, 0.15) is 17.5 Å². The Labute approximate surface area is 108 Å². The molecule has 0 aliphatic carbocycles. The van der Waals surface area contributed by atoms with Crippen molar-refractivity contribution in [1.29, 1.82) is 0 Å². The summed E-state index contributed by atoms with van der Waals surface area (Å²) >= 11 is 0. The molecule has 0 saturated heterocycles. The Morgan fingerprint density at radius 3 is 2.16 bits per heavy atom. The van der Waals surface area contributed by atoms with E-state index in [1.807, 2.05) is 0 Å². The summed E-state index contributed by atoms with van der Waals surface area (Å²) in [6, 6.07) is 7.85. The fourth-order valence-corrected chi connectivity index (χ4v) is 1.75. The first-order valence-electron chi connectivity index (χ1n) is 5.68. The predicted molar refractivity (Wildman–Crippen MR) is 66.2 cm³/mol. The molecule has 2 N–H and O–H groups in total. The van der Waals surface area contributed by atoms with Crippen LogP contribution < -0.4 is 5.32 Å². The molecule has 1 unspecified atom stereocenters. The van der Waals surface area contributed by atoms with Gasteiger partial charge in [-0.15, -0.1) is 0 Å². The molecule has 2 nitrogen and oxygen atoms in total. The fourth-order valence-electron chi connectivity index (χ4n) is 1.75. The van der Waals surface area contributed by atoms with Crippen molar-refractivity contribution in [2.45, 2.75) is 6.04 Å².